The molecule has 138 valence electrons. The number of methoxy groups -OCH3 is 2. The molecule has 7 nitrogen and oxygen atoms in total. The summed E-state index contributed by atoms with van der Waals surface area (Å²) in [5.41, 5.74) is 1.09. The lowest BCUT2D eigenvalue weighted by Gasteiger charge is -2.26. The summed E-state index contributed by atoms with van der Waals surface area (Å²) in [6, 6.07) is 5.78. The molecule has 0 aliphatic carbocycles. The lowest BCUT2D eigenvalue weighted by Crippen LogP contribution is -2.44. The number of ether oxygens (including phenoxy) is 2. The van der Waals surface area contributed by atoms with E-state index in [1.807, 2.05) is 18.2 Å². The summed E-state index contributed by atoms with van der Waals surface area (Å²) in [5, 5.41) is 4.44. The van der Waals surface area contributed by atoms with Crippen molar-refractivity contribution in [1.82, 2.24) is 10.4 Å². The smallest absolute Gasteiger partial charge is 0.341 e. The molecule has 0 bridgehead atoms. The van der Waals surface area contributed by atoms with E-state index in [2.05, 4.69) is 10.2 Å². The predicted molar refractivity (Wildman–Crippen MR) is 95.2 cm³/mol. The second kappa shape index (κ2) is 8.29. The second-order valence-electron chi connectivity index (χ2n) is 6.50. The first-order valence-corrected chi connectivity index (χ1v) is 8.86. The summed E-state index contributed by atoms with van der Waals surface area (Å²) in [5.74, 6) is 1.99. The minimum absolute atomic E-state index is 0.124. The van der Waals surface area contributed by atoms with E-state index in [9.17, 15) is 4.79 Å². The van der Waals surface area contributed by atoms with Crippen LogP contribution in [0.5, 0.6) is 11.5 Å². The molecule has 2 saturated heterocycles. The Kier molecular flexibility index (Phi) is 5.86. The summed E-state index contributed by atoms with van der Waals surface area (Å²) < 4.78 is 10.7. The predicted octanol–water partition coefficient (Wildman–Crippen LogP) is 2.27. The minimum atomic E-state index is -0.124. The van der Waals surface area contributed by atoms with E-state index in [-0.39, 0.29) is 6.03 Å². The van der Waals surface area contributed by atoms with Gasteiger partial charge in [0.2, 0.25) is 0 Å². The number of nitrogens with zero attached hydrogens (tertiary/aromatic N) is 2. The normalized spacial score (nSPS) is 20.5. The fourth-order valence-electron chi connectivity index (χ4n) is 3.29. The molecule has 2 heterocycles. The highest BCUT2D eigenvalue weighted by Crippen LogP contribution is 2.31. The van der Waals surface area contributed by atoms with E-state index < -0.39 is 0 Å². The van der Waals surface area contributed by atoms with Crippen LogP contribution in [0.3, 0.4) is 0 Å². The van der Waals surface area contributed by atoms with Crippen molar-refractivity contribution in [2.75, 3.05) is 51.9 Å². The fraction of sp³-hybridized carbons (Fsp3) is 0.611. The molecule has 1 atom stereocenters. The third-order valence-electron chi connectivity index (χ3n) is 4.76. The Morgan fingerprint density at radius 2 is 1.96 bits per heavy atom. The average molecular weight is 349 g/mol. The summed E-state index contributed by atoms with van der Waals surface area (Å²) in [6.07, 6.45) is 3.06. The number of hydrogen-bond donors (Lipinski definition) is 1. The largest absolute Gasteiger partial charge is 0.497 e. The first kappa shape index (κ1) is 17.7. The zero-order chi connectivity index (χ0) is 17.6. The quantitative estimate of drug-likeness (QED) is 0.883. The first-order valence-electron chi connectivity index (χ1n) is 8.86. The minimum Gasteiger partial charge on any atom is -0.497 e. The molecule has 7 heteroatoms. The molecular weight excluding hydrogens is 322 g/mol. The van der Waals surface area contributed by atoms with Gasteiger partial charge < -0.3 is 19.7 Å². The van der Waals surface area contributed by atoms with Gasteiger partial charge in [-0.2, -0.15) is 0 Å². The van der Waals surface area contributed by atoms with Gasteiger partial charge in [0.15, 0.2) is 0 Å². The second-order valence-corrected chi connectivity index (χ2v) is 6.50. The lowest BCUT2D eigenvalue weighted by molar-refractivity contribution is -0.139. The summed E-state index contributed by atoms with van der Waals surface area (Å²) >= 11 is 0. The van der Waals surface area contributed by atoms with E-state index in [0.717, 1.165) is 49.5 Å². The lowest BCUT2D eigenvalue weighted by atomic mass is 10.1. The van der Waals surface area contributed by atoms with Crippen LogP contribution in [0.25, 0.3) is 0 Å². The molecule has 2 amide bonds. The molecule has 1 aromatic rings. The van der Waals surface area contributed by atoms with Crippen molar-refractivity contribution in [1.29, 1.82) is 0 Å². The Morgan fingerprint density at radius 1 is 1.20 bits per heavy atom. The summed E-state index contributed by atoms with van der Waals surface area (Å²) in [6.45, 7) is 3.82. The first-order chi connectivity index (χ1) is 12.2. The van der Waals surface area contributed by atoms with Gasteiger partial charge in [0.05, 0.1) is 27.4 Å². The van der Waals surface area contributed by atoms with Crippen molar-refractivity contribution >= 4 is 11.7 Å². The van der Waals surface area contributed by atoms with E-state index in [1.165, 1.54) is 5.06 Å². The summed E-state index contributed by atoms with van der Waals surface area (Å²) in [4.78, 5) is 19.8. The number of hydroxylamine groups is 2. The maximum Gasteiger partial charge on any atom is 0.341 e. The number of anilines is 1. The highest BCUT2D eigenvalue weighted by molar-refractivity contribution is 5.73. The monoisotopic (exact) mass is 349 g/mol. The third-order valence-corrected chi connectivity index (χ3v) is 4.76. The zero-order valence-electron chi connectivity index (χ0n) is 15.0. The zero-order valence-corrected chi connectivity index (χ0v) is 15.0. The third kappa shape index (κ3) is 4.48. The molecule has 2 aliphatic rings. The van der Waals surface area contributed by atoms with Crippen molar-refractivity contribution in [2.45, 2.75) is 19.3 Å². The number of urea groups is 1. The van der Waals surface area contributed by atoms with Crippen LogP contribution in [0.15, 0.2) is 18.2 Å². The Labute approximate surface area is 148 Å². The molecule has 1 N–H and O–H groups in total. The standard InChI is InChI=1S/C18H27N3O4/c1-23-16-9-15(10-17(11-16)24-2)20-7-5-14(13-20)12-19-18(22)21-6-3-4-8-25-21/h9-11,14H,3-8,12-13H2,1-2H3,(H,19,22)/t14-/m1/s1. The molecule has 3 rings (SSSR count). The van der Waals surface area contributed by atoms with Crippen LogP contribution in [0.1, 0.15) is 19.3 Å². The molecule has 2 aliphatic heterocycles. The van der Waals surface area contributed by atoms with E-state index in [1.54, 1.807) is 14.2 Å². The maximum atomic E-state index is 12.1. The number of carbonyl (C=O) groups is 1. The molecule has 0 spiro atoms. The van der Waals surface area contributed by atoms with Crippen LogP contribution in [-0.2, 0) is 4.84 Å². The Morgan fingerprint density at radius 3 is 2.60 bits per heavy atom. The van der Waals surface area contributed by atoms with E-state index in [0.29, 0.717) is 25.6 Å². The van der Waals surface area contributed by atoms with Crippen LogP contribution in [0, 0.1) is 5.92 Å². The fourth-order valence-corrected chi connectivity index (χ4v) is 3.29. The van der Waals surface area contributed by atoms with Crippen molar-refractivity contribution in [3.05, 3.63) is 18.2 Å². The van der Waals surface area contributed by atoms with E-state index >= 15 is 0 Å². The number of hydrogen-bond acceptors (Lipinski definition) is 5. The molecule has 0 radical (unpaired) electrons. The average Bonchev–Trinajstić information content (AvgIpc) is 3.15. The van der Waals surface area contributed by atoms with Crippen LogP contribution < -0.4 is 19.7 Å². The molecule has 0 aromatic heterocycles. The van der Waals surface area contributed by atoms with Crippen molar-refractivity contribution < 1.29 is 19.1 Å². The number of carbonyl (C=O) groups excluding carboxylic acids is 1. The van der Waals surface area contributed by atoms with Gasteiger partial charge in [0, 0.05) is 43.5 Å². The molecule has 25 heavy (non-hydrogen) atoms. The van der Waals surface area contributed by atoms with Crippen LogP contribution in [0.4, 0.5) is 10.5 Å². The van der Waals surface area contributed by atoms with Gasteiger partial charge in [-0.05, 0) is 25.2 Å². The van der Waals surface area contributed by atoms with Gasteiger partial charge >= 0.3 is 6.03 Å². The number of amides is 2. The van der Waals surface area contributed by atoms with Gasteiger partial charge in [0.1, 0.15) is 11.5 Å². The van der Waals surface area contributed by atoms with Gasteiger partial charge in [-0.3, -0.25) is 4.84 Å². The van der Waals surface area contributed by atoms with Crippen LogP contribution >= 0.6 is 0 Å². The van der Waals surface area contributed by atoms with Gasteiger partial charge in [-0.1, -0.05) is 0 Å². The van der Waals surface area contributed by atoms with Crippen molar-refractivity contribution in [3.8, 4) is 11.5 Å². The highest BCUT2D eigenvalue weighted by Gasteiger charge is 2.25. The number of nitrogens with one attached hydrogen (secondary N) is 1. The Bertz CT molecular complexity index is 567. The molecule has 1 aromatic carbocycles. The highest BCUT2D eigenvalue weighted by atomic mass is 16.7. The van der Waals surface area contributed by atoms with Gasteiger partial charge in [0.25, 0.3) is 0 Å². The van der Waals surface area contributed by atoms with Crippen molar-refractivity contribution in [3.63, 3.8) is 0 Å². The Hall–Kier alpha value is -2.15. The topological polar surface area (TPSA) is 63.3 Å². The number of rotatable bonds is 5. The SMILES string of the molecule is COc1cc(OC)cc(N2CC[C@H](CNC(=O)N3CCCCO3)C2)c1. The van der Waals surface area contributed by atoms with E-state index in [4.69, 9.17) is 14.3 Å². The van der Waals surface area contributed by atoms with Gasteiger partial charge in [-0.25, -0.2) is 9.86 Å². The molecule has 2 fully saturated rings. The summed E-state index contributed by atoms with van der Waals surface area (Å²) in [7, 11) is 3.31. The van der Waals surface area contributed by atoms with Crippen LogP contribution in [0.2, 0.25) is 0 Å². The van der Waals surface area contributed by atoms with Crippen molar-refractivity contribution in [2.24, 2.45) is 5.92 Å². The Balaban J connectivity index is 1.52. The number of benzene rings is 1. The molecular formula is C18H27N3O4. The van der Waals surface area contributed by atoms with Gasteiger partial charge in [-0.15, -0.1) is 0 Å². The van der Waals surface area contributed by atoms with Crippen LogP contribution in [-0.4, -0.2) is 58.1 Å². The molecule has 0 saturated carbocycles. The molecule has 0 unspecified atom stereocenters. The maximum absolute atomic E-state index is 12.1.